The summed E-state index contributed by atoms with van der Waals surface area (Å²) in [7, 11) is 0. The molecule has 0 bridgehead atoms. The maximum atomic E-state index is 12.1. The van der Waals surface area contributed by atoms with Gasteiger partial charge in [0.25, 0.3) is 5.91 Å². The van der Waals surface area contributed by atoms with Gasteiger partial charge in [-0.3, -0.25) is 9.79 Å². The molecule has 1 aliphatic heterocycles. The number of amides is 1. The van der Waals surface area contributed by atoms with Crippen molar-refractivity contribution < 1.29 is 29.3 Å². The van der Waals surface area contributed by atoms with Crippen molar-refractivity contribution in [3.05, 3.63) is 53.6 Å². The standard InChI is InChI=1S/C20H20N2O6/c23-18-6-3-15(11-17(18)20(25)26)21-12-14-1-4-16(5-2-14)28-13-19(24)22-7-9-27-10-8-22/h1-6,11-12,23H,7-10,13H2,(H,25,26). The number of aliphatic imine (C=N–C) groups is 1. The van der Waals surface area contributed by atoms with Crippen LogP contribution in [0.3, 0.4) is 0 Å². The Morgan fingerprint density at radius 1 is 1.14 bits per heavy atom. The number of nitrogens with zero attached hydrogens (tertiary/aromatic N) is 2. The van der Waals surface area contributed by atoms with Crippen molar-refractivity contribution in [2.45, 2.75) is 0 Å². The van der Waals surface area contributed by atoms with E-state index in [1.165, 1.54) is 18.2 Å². The molecule has 1 amide bonds. The highest BCUT2D eigenvalue weighted by atomic mass is 16.5. The van der Waals surface area contributed by atoms with Gasteiger partial charge < -0.3 is 24.6 Å². The molecule has 0 aromatic heterocycles. The molecule has 0 aliphatic carbocycles. The van der Waals surface area contributed by atoms with E-state index in [0.717, 1.165) is 5.56 Å². The van der Waals surface area contributed by atoms with E-state index in [9.17, 15) is 14.7 Å². The second kappa shape index (κ2) is 9.01. The Bertz CT molecular complexity index is 873. The van der Waals surface area contributed by atoms with Crippen molar-refractivity contribution in [2.24, 2.45) is 4.99 Å². The summed E-state index contributed by atoms with van der Waals surface area (Å²) in [4.78, 5) is 29.0. The first-order chi connectivity index (χ1) is 13.5. The molecule has 8 nitrogen and oxygen atoms in total. The van der Waals surface area contributed by atoms with E-state index in [0.29, 0.717) is 37.7 Å². The van der Waals surface area contributed by atoms with Gasteiger partial charge in [0.05, 0.1) is 18.9 Å². The monoisotopic (exact) mass is 384 g/mol. The van der Waals surface area contributed by atoms with Gasteiger partial charge in [-0.25, -0.2) is 4.79 Å². The van der Waals surface area contributed by atoms with Crippen LogP contribution in [-0.4, -0.2) is 66.1 Å². The van der Waals surface area contributed by atoms with E-state index in [1.807, 2.05) is 0 Å². The van der Waals surface area contributed by atoms with Crippen LogP contribution in [0.4, 0.5) is 5.69 Å². The Balaban J connectivity index is 1.57. The summed E-state index contributed by atoms with van der Waals surface area (Å²) in [5.41, 5.74) is 0.978. The second-order valence-corrected chi connectivity index (χ2v) is 6.12. The number of hydrogen-bond acceptors (Lipinski definition) is 6. The maximum Gasteiger partial charge on any atom is 0.339 e. The fourth-order valence-electron chi connectivity index (χ4n) is 2.62. The number of aromatic hydroxyl groups is 1. The van der Waals surface area contributed by atoms with Crippen LogP contribution < -0.4 is 4.74 Å². The fraction of sp³-hybridized carbons (Fsp3) is 0.250. The van der Waals surface area contributed by atoms with Gasteiger partial charge in [-0.05, 0) is 48.0 Å². The lowest BCUT2D eigenvalue weighted by atomic mass is 10.2. The lowest BCUT2D eigenvalue weighted by molar-refractivity contribution is -0.137. The molecule has 0 spiro atoms. The normalized spacial score (nSPS) is 14.2. The fourth-order valence-corrected chi connectivity index (χ4v) is 2.62. The Morgan fingerprint density at radius 3 is 2.54 bits per heavy atom. The van der Waals surface area contributed by atoms with Crippen molar-refractivity contribution in [1.29, 1.82) is 0 Å². The molecule has 0 unspecified atom stereocenters. The number of carboxylic acids is 1. The summed E-state index contributed by atoms with van der Waals surface area (Å²) in [6, 6.07) is 11.1. The number of hydrogen-bond donors (Lipinski definition) is 2. The number of ether oxygens (including phenoxy) is 2. The van der Waals surface area contributed by atoms with Crippen molar-refractivity contribution in [3.8, 4) is 11.5 Å². The van der Waals surface area contributed by atoms with Crippen LogP contribution in [0, 0.1) is 0 Å². The predicted octanol–water partition coefficient (Wildman–Crippen LogP) is 2.08. The first-order valence-electron chi connectivity index (χ1n) is 8.72. The average Bonchev–Trinajstić information content (AvgIpc) is 2.72. The summed E-state index contributed by atoms with van der Waals surface area (Å²) >= 11 is 0. The Morgan fingerprint density at radius 2 is 1.86 bits per heavy atom. The quantitative estimate of drug-likeness (QED) is 0.738. The molecule has 28 heavy (non-hydrogen) atoms. The van der Waals surface area contributed by atoms with Gasteiger partial charge in [-0.1, -0.05) is 0 Å². The number of carbonyl (C=O) groups excluding carboxylic acids is 1. The van der Waals surface area contributed by atoms with Gasteiger partial charge in [-0.15, -0.1) is 0 Å². The first kappa shape index (κ1) is 19.4. The van der Waals surface area contributed by atoms with Crippen LogP contribution in [-0.2, 0) is 9.53 Å². The zero-order valence-corrected chi connectivity index (χ0v) is 15.1. The predicted molar refractivity (Wildman–Crippen MR) is 102 cm³/mol. The molecule has 1 aliphatic rings. The molecule has 1 heterocycles. The molecular weight excluding hydrogens is 364 g/mol. The van der Waals surface area contributed by atoms with E-state index in [4.69, 9.17) is 14.6 Å². The van der Waals surface area contributed by atoms with Gasteiger partial charge in [-0.2, -0.15) is 0 Å². The highest BCUT2D eigenvalue weighted by Gasteiger charge is 2.17. The van der Waals surface area contributed by atoms with Gasteiger partial charge in [0, 0.05) is 19.3 Å². The van der Waals surface area contributed by atoms with Crippen LogP contribution in [0.2, 0.25) is 0 Å². The van der Waals surface area contributed by atoms with Crippen molar-refractivity contribution in [1.82, 2.24) is 4.90 Å². The third kappa shape index (κ3) is 5.08. The Hall–Kier alpha value is -3.39. The minimum atomic E-state index is -1.22. The van der Waals surface area contributed by atoms with Crippen LogP contribution in [0.1, 0.15) is 15.9 Å². The average molecular weight is 384 g/mol. The minimum absolute atomic E-state index is 0.0289. The minimum Gasteiger partial charge on any atom is -0.507 e. The van der Waals surface area contributed by atoms with Crippen LogP contribution >= 0.6 is 0 Å². The first-order valence-corrected chi connectivity index (χ1v) is 8.72. The highest BCUT2D eigenvalue weighted by molar-refractivity contribution is 5.92. The molecule has 0 radical (unpaired) electrons. The summed E-state index contributed by atoms with van der Waals surface area (Å²) in [6.07, 6.45) is 1.57. The molecule has 1 saturated heterocycles. The molecule has 1 fully saturated rings. The van der Waals surface area contributed by atoms with E-state index in [1.54, 1.807) is 35.4 Å². The van der Waals surface area contributed by atoms with Crippen LogP contribution in [0.25, 0.3) is 0 Å². The number of carbonyl (C=O) groups is 2. The third-order valence-corrected chi connectivity index (χ3v) is 4.18. The summed E-state index contributed by atoms with van der Waals surface area (Å²) in [6.45, 7) is 2.24. The van der Waals surface area contributed by atoms with Crippen molar-refractivity contribution in [3.63, 3.8) is 0 Å². The molecule has 2 aromatic rings. The molecule has 8 heteroatoms. The number of carboxylic acid groups (broad SMARTS) is 1. The summed E-state index contributed by atoms with van der Waals surface area (Å²) < 4.78 is 10.7. The van der Waals surface area contributed by atoms with Crippen molar-refractivity contribution >= 4 is 23.8 Å². The molecule has 146 valence electrons. The Labute approximate surface area is 161 Å². The Kier molecular flexibility index (Phi) is 6.23. The number of rotatable bonds is 6. The van der Waals surface area contributed by atoms with E-state index < -0.39 is 5.97 Å². The van der Waals surface area contributed by atoms with Crippen LogP contribution in [0.5, 0.6) is 11.5 Å². The van der Waals surface area contributed by atoms with E-state index in [2.05, 4.69) is 4.99 Å². The maximum absolute atomic E-state index is 12.1. The number of aromatic carboxylic acids is 1. The van der Waals surface area contributed by atoms with Crippen molar-refractivity contribution in [2.75, 3.05) is 32.9 Å². The topological polar surface area (TPSA) is 109 Å². The summed E-state index contributed by atoms with van der Waals surface area (Å²) in [5, 5.41) is 18.5. The van der Waals surface area contributed by atoms with Crippen LogP contribution in [0.15, 0.2) is 47.5 Å². The van der Waals surface area contributed by atoms with Gasteiger partial charge in [0.2, 0.25) is 0 Å². The molecule has 2 N–H and O–H groups in total. The molecule has 0 atom stereocenters. The number of phenols is 1. The number of morpholine rings is 1. The third-order valence-electron chi connectivity index (χ3n) is 4.18. The molecular formula is C20H20N2O6. The lowest BCUT2D eigenvalue weighted by Gasteiger charge is -2.26. The number of benzene rings is 2. The van der Waals surface area contributed by atoms with E-state index in [-0.39, 0.29) is 23.8 Å². The van der Waals surface area contributed by atoms with Gasteiger partial charge in [0.1, 0.15) is 17.1 Å². The van der Waals surface area contributed by atoms with Gasteiger partial charge in [0.15, 0.2) is 6.61 Å². The highest BCUT2D eigenvalue weighted by Crippen LogP contribution is 2.23. The summed E-state index contributed by atoms with van der Waals surface area (Å²) in [5.74, 6) is -1.03. The smallest absolute Gasteiger partial charge is 0.339 e. The lowest BCUT2D eigenvalue weighted by Crippen LogP contribution is -2.42. The SMILES string of the molecule is O=C(O)c1cc(N=Cc2ccc(OCC(=O)N3CCOCC3)cc2)ccc1O. The van der Waals surface area contributed by atoms with E-state index >= 15 is 0 Å². The molecule has 0 saturated carbocycles. The molecule has 3 rings (SSSR count). The van der Waals surface area contributed by atoms with Gasteiger partial charge >= 0.3 is 5.97 Å². The zero-order chi connectivity index (χ0) is 19.9. The molecule has 2 aromatic carbocycles. The largest absolute Gasteiger partial charge is 0.507 e. The second-order valence-electron chi connectivity index (χ2n) is 6.12. The zero-order valence-electron chi connectivity index (χ0n) is 15.1.